The molecule has 0 aromatic carbocycles. The van der Waals surface area contributed by atoms with Crippen LogP contribution in [0, 0.1) is 0 Å². The maximum atomic E-state index is 12.8. The second-order valence-corrected chi connectivity index (χ2v) is 17.4. The third kappa shape index (κ3) is 49.6. The third-order valence-corrected chi connectivity index (χ3v) is 11.1. The molecule has 0 radical (unpaired) electrons. The molecule has 0 aliphatic rings. The summed E-state index contributed by atoms with van der Waals surface area (Å²) in [5, 5.41) is 0. The molecule has 0 unspecified atom stereocenters. The maximum Gasteiger partial charge on any atom is 0.306 e. The summed E-state index contributed by atoms with van der Waals surface area (Å²) in [6.07, 6.45) is 67.1. The van der Waals surface area contributed by atoms with Gasteiger partial charge in [0.1, 0.15) is 13.2 Å². The number of hydrogen-bond acceptors (Lipinski definition) is 6. The van der Waals surface area contributed by atoms with Crippen molar-refractivity contribution >= 4 is 17.9 Å². The first-order valence-electron chi connectivity index (χ1n) is 26.6. The SMILES string of the molecule is CCCCC/C=C\C/C=C\C/C=C\C/C=C\CCCC(=O)OC[C@@H](COC(=O)CCCCCCC/C=C\CCCCCCC)OC(=O)CCCCCCC/C=C\C/C=C\CCCCC. The minimum Gasteiger partial charge on any atom is -0.462 e. The van der Waals surface area contributed by atoms with E-state index in [1.165, 1.54) is 96.3 Å². The Hall–Kier alpha value is -3.41. The van der Waals surface area contributed by atoms with E-state index in [2.05, 4.69) is 106 Å². The Labute approximate surface area is 395 Å². The second kappa shape index (κ2) is 52.2. The van der Waals surface area contributed by atoms with Gasteiger partial charge in [-0.3, -0.25) is 14.4 Å². The molecule has 6 heteroatoms. The summed E-state index contributed by atoms with van der Waals surface area (Å²) < 4.78 is 16.7. The predicted octanol–water partition coefficient (Wildman–Crippen LogP) is 17.6. The second-order valence-electron chi connectivity index (χ2n) is 17.4. The summed E-state index contributed by atoms with van der Waals surface area (Å²) in [4.78, 5) is 38.0. The summed E-state index contributed by atoms with van der Waals surface area (Å²) in [5.41, 5.74) is 0. The molecule has 366 valence electrons. The van der Waals surface area contributed by atoms with E-state index in [0.717, 1.165) is 103 Å². The Bertz CT molecular complexity index is 1250. The molecule has 0 N–H and O–H groups in total. The van der Waals surface area contributed by atoms with Crippen LogP contribution in [-0.2, 0) is 28.6 Å². The number of hydrogen-bond donors (Lipinski definition) is 0. The Balaban J connectivity index is 4.51. The largest absolute Gasteiger partial charge is 0.462 e. The fourth-order valence-electron chi connectivity index (χ4n) is 7.05. The standard InChI is InChI=1S/C58H98O6/c1-4-7-10-13-16-19-22-25-28-29-31-33-36-39-42-45-48-51-57(60)63-54-55(53-62-56(59)50-47-44-41-38-35-32-27-24-21-18-15-12-9-6-3)64-58(61)52-49-46-43-40-37-34-30-26-23-20-17-14-11-8-5-2/h16-17,19-20,24-28,30-31,33,39,42,55H,4-15,18,21-23,29,32,34-38,40-41,43-54H2,1-3H3/b19-16-,20-17-,27-24-,28-25-,30-26-,33-31-,42-39-/t55-/m1/s1. The van der Waals surface area contributed by atoms with Gasteiger partial charge in [0.05, 0.1) is 0 Å². The lowest BCUT2D eigenvalue weighted by Crippen LogP contribution is -2.30. The summed E-state index contributed by atoms with van der Waals surface area (Å²) in [5.74, 6) is -0.984. The molecule has 0 aromatic heterocycles. The monoisotopic (exact) mass is 891 g/mol. The van der Waals surface area contributed by atoms with Crippen molar-refractivity contribution in [1.29, 1.82) is 0 Å². The van der Waals surface area contributed by atoms with E-state index >= 15 is 0 Å². The molecule has 0 amide bonds. The van der Waals surface area contributed by atoms with Gasteiger partial charge in [-0.1, -0.05) is 196 Å². The number of carbonyl (C=O) groups is 3. The normalized spacial score (nSPS) is 12.7. The van der Waals surface area contributed by atoms with Gasteiger partial charge in [0.25, 0.3) is 0 Å². The van der Waals surface area contributed by atoms with Gasteiger partial charge >= 0.3 is 17.9 Å². The van der Waals surface area contributed by atoms with Gasteiger partial charge in [-0.2, -0.15) is 0 Å². The lowest BCUT2D eigenvalue weighted by atomic mass is 10.1. The minimum atomic E-state index is -0.809. The predicted molar refractivity (Wildman–Crippen MR) is 274 cm³/mol. The highest BCUT2D eigenvalue weighted by Crippen LogP contribution is 2.13. The van der Waals surface area contributed by atoms with E-state index in [4.69, 9.17) is 14.2 Å². The van der Waals surface area contributed by atoms with Gasteiger partial charge in [-0.05, 0) is 116 Å². The molecule has 0 fully saturated rings. The molecule has 0 saturated carbocycles. The first kappa shape index (κ1) is 60.6. The highest BCUT2D eigenvalue weighted by molar-refractivity contribution is 5.71. The maximum absolute atomic E-state index is 12.8. The van der Waals surface area contributed by atoms with Crippen LogP contribution in [0.3, 0.4) is 0 Å². The average Bonchev–Trinajstić information content (AvgIpc) is 3.29. The Morgan fingerprint density at radius 2 is 0.578 bits per heavy atom. The van der Waals surface area contributed by atoms with Crippen LogP contribution < -0.4 is 0 Å². The van der Waals surface area contributed by atoms with Crippen molar-refractivity contribution in [2.75, 3.05) is 13.2 Å². The molecule has 0 saturated heterocycles. The van der Waals surface area contributed by atoms with Crippen LogP contribution in [0.5, 0.6) is 0 Å². The van der Waals surface area contributed by atoms with Gasteiger partial charge in [0.2, 0.25) is 0 Å². The molecular formula is C58H98O6. The van der Waals surface area contributed by atoms with Crippen molar-refractivity contribution in [2.45, 2.75) is 252 Å². The number of ether oxygens (including phenoxy) is 3. The van der Waals surface area contributed by atoms with Gasteiger partial charge in [-0.15, -0.1) is 0 Å². The number of allylic oxidation sites excluding steroid dienone is 14. The Kier molecular flexibility index (Phi) is 49.4. The van der Waals surface area contributed by atoms with Crippen LogP contribution in [0.4, 0.5) is 0 Å². The fraction of sp³-hybridized carbons (Fsp3) is 0.707. The molecule has 0 bridgehead atoms. The molecule has 0 heterocycles. The highest BCUT2D eigenvalue weighted by Gasteiger charge is 2.19. The van der Waals surface area contributed by atoms with Crippen LogP contribution >= 0.6 is 0 Å². The first-order chi connectivity index (χ1) is 31.5. The highest BCUT2D eigenvalue weighted by atomic mass is 16.6. The van der Waals surface area contributed by atoms with E-state index in [0.29, 0.717) is 19.3 Å². The van der Waals surface area contributed by atoms with Crippen molar-refractivity contribution in [3.8, 4) is 0 Å². The fourth-order valence-corrected chi connectivity index (χ4v) is 7.05. The van der Waals surface area contributed by atoms with Crippen molar-refractivity contribution in [1.82, 2.24) is 0 Å². The quantitative estimate of drug-likeness (QED) is 0.0262. The minimum absolute atomic E-state index is 0.104. The summed E-state index contributed by atoms with van der Waals surface area (Å²) >= 11 is 0. The van der Waals surface area contributed by atoms with Crippen LogP contribution in [-0.4, -0.2) is 37.2 Å². The molecule has 0 aromatic rings. The van der Waals surface area contributed by atoms with Gasteiger partial charge in [0, 0.05) is 19.3 Å². The van der Waals surface area contributed by atoms with E-state index < -0.39 is 6.10 Å². The zero-order valence-corrected chi connectivity index (χ0v) is 41.8. The average molecular weight is 891 g/mol. The van der Waals surface area contributed by atoms with E-state index in [1.54, 1.807) is 0 Å². The van der Waals surface area contributed by atoms with Crippen molar-refractivity contribution in [3.05, 3.63) is 85.1 Å². The molecular weight excluding hydrogens is 793 g/mol. The van der Waals surface area contributed by atoms with E-state index in [-0.39, 0.29) is 37.5 Å². The van der Waals surface area contributed by atoms with Crippen molar-refractivity contribution in [3.63, 3.8) is 0 Å². The molecule has 1 atom stereocenters. The molecule has 0 spiro atoms. The Morgan fingerprint density at radius 1 is 0.312 bits per heavy atom. The van der Waals surface area contributed by atoms with E-state index in [9.17, 15) is 14.4 Å². The molecule has 0 aliphatic heterocycles. The number of carbonyl (C=O) groups excluding carboxylic acids is 3. The zero-order valence-electron chi connectivity index (χ0n) is 41.8. The molecule has 0 aliphatic carbocycles. The topological polar surface area (TPSA) is 78.9 Å². The van der Waals surface area contributed by atoms with Gasteiger partial charge in [-0.25, -0.2) is 0 Å². The van der Waals surface area contributed by atoms with Gasteiger partial charge in [0.15, 0.2) is 6.10 Å². The number of rotatable bonds is 47. The van der Waals surface area contributed by atoms with Crippen LogP contribution in [0.15, 0.2) is 85.1 Å². The first-order valence-corrected chi connectivity index (χ1v) is 26.6. The van der Waals surface area contributed by atoms with Crippen LogP contribution in [0.1, 0.15) is 245 Å². The van der Waals surface area contributed by atoms with Crippen LogP contribution in [0.25, 0.3) is 0 Å². The lowest BCUT2D eigenvalue weighted by Gasteiger charge is -2.18. The smallest absolute Gasteiger partial charge is 0.306 e. The summed E-state index contributed by atoms with van der Waals surface area (Å²) in [6, 6.07) is 0. The summed E-state index contributed by atoms with van der Waals surface area (Å²) in [7, 11) is 0. The molecule has 0 rings (SSSR count). The number of unbranched alkanes of at least 4 members (excludes halogenated alkanes) is 22. The molecule has 6 nitrogen and oxygen atoms in total. The molecule has 64 heavy (non-hydrogen) atoms. The van der Waals surface area contributed by atoms with Gasteiger partial charge < -0.3 is 14.2 Å². The lowest BCUT2D eigenvalue weighted by molar-refractivity contribution is -0.167. The van der Waals surface area contributed by atoms with Crippen molar-refractivity contribution in [2.24, 2.45) is 0 Å². The number of esters is 3. The zero-order chi connectivity index (χ0) is 46.5. The summed E-state index contributed by atoms with van der Waals surface area (Å²) in [6.45, 7) is 6.50. The Morgan fingerprint density at radius 3 is 0.984 bits per heavy atom. The van der Waals surface area contributed by atoms with Crippen molar-refractivity contribution < 1.29 is 28.6 Å². The van der Waals surface area contributed by atoms with E-state index in [1.807, 2.05) is 0 Å². The van der Waals surface area contributed by atoms with Crippen LogP contribution in [0.2, 0.25) is 0 Å². The third-order valence-electron chi connectivity index (χ3n) is 11.1.